The smallest absolute Gasteiger partial charge is 0.250 e. The number of carbonyl (C=O) groups excluding carboxylic acids is 2. The molecular formula is C8H8Cl2N2O2. The van der Waals surface area contributed by atoms with Crippen LogP contribution in [-0.4, -0.2) is 12.0 Å². The van der Waals surface area contributed by atoms with Crippen LogP contribution in [0, 0.1) is 0 Å². The van der Waals surface area contributed by atoms with Gasteiger partial charge < -0.3 is 5.73 Å². The van der Waals surface area contributed by atoms with Gasteiger partial charge in [0.2, 0.25) is 6.08 Å². The number of primary amides is 1. The summed E-state index contributed by atoms with van der Waals surface area (Å²) >= 11 is 0. The maximum absolute atomic E-state index is 10.7. The van der Waals surface area contributed by atoms with Crippen LogP contribution in [0.4, 0.5) is 5.69 Å². The Balaban J connectivity index is 0. The summed E-state index contributed by atoms with van der Waals surface area (Å²) in [4.78, 5) is 24.0. The van der Waals surface area contributed by atoms with Crippen molar-refractivity contribution < 1.29 is 9.59 Å². The van der Waals surface area contributed by atoms with Gasteiger partial charge in [0.1, 0.15) is 0 Å². The number of hydrogen-bond donors (Lipinski definition) is 1. The molecule has 0 saturated carbocycles. The maximum atomic E-state index is 10.7. The van der Waals surface area contributed by atoms with Gasteiger partial charge in [0.15, 0.2) is 0 Å². The van der Waals surface area contributed by atoms with Gasteiger partial charge in [-0.25, -0.2) is 4.79 Å². The molecule has 0 aliphatic heterocycles. The van der Waals surface area contributed by atoms with Crippen molar-refractivity contribution in [2.45, 2.75) is 0 Å². The van der Waals surface area contributed by atoms with Crippen LogP contribution in [0.15, 0.2) is 29.3 Å². The molecule has 2 N–H and O–H groups in total. The van der Waals surface area contributed by atoms with E-state index >= 15 is 0 Å². The molecule has 14 heavy (non-hydrogen) atoms. The standard InChI is InChI=1S/C8H6N2O2.2ClH/c9-8(12)6-3-1-2-4-7(6)10-5-11;;/h1-4H,(H2,9,12);2*1H. The third-order valence-corrected chi connectivity index (χ3v) is 1.34. The number of rotatable bonds is 2. The van der Waals surface area contributed by atoms with E-state index in [4.69, 9.17) is 5.73 Å². The Hall–Kier alpha value is -1.35. The van der Waals surface area contributed by atoms with Crippen LogP contribution in [0.5, 0.6) is 0 Å². The molecule has 0 fully saturated rings. The fraction of sp³-hybridized carbons (Fsp3) is 0. The lowest BCUT2D eigenvalue weighted by Crippen LogP contribution is -2.10. The SMILES string of the molecule is Cl.Cl.NC(=O)c1ccccc1N=C=O. The number of carbonyl (C=O) groups is 1. The van der Waals surface area contributed by atoms with E-state index in [-0.39, 0.29) is 36.1 Å². The molecule has 76 valence electrons. The molecule has 0 aliphatic rings. The van der Waals surface area contributed by atoms with Crippen molar-refractivity contribution in [1.29, 1.82) is 0 Å². The van der Waals surface area contributed by atoms with Gasteiger partial charge in [0.25, 0.3) is 5.91 Å². The minimum atomic E-state index is -0.607. The first-order valence-corrected chi connectivity index (χ1v) is 3.22. The van der Waals surface area contributed by atoms with Crippen molar-refractivity contribution in [2.75, 3.05) is 0 Å². The van der Waals surface area contributed by atoms with Crippen LogP contribution in [0.2, 0.25) is 0 Å². The normalized spacial score (nSPS) is 7.43. The average molecular weight is 235 g/mol. The summed E-state index contributed by atoms with van der Waals surface area (Å²) in [6.45, 7) is 0. The third kappa shape index (κ3) is 3.58. The van der Waals surface area contributed by atoms with Gasteiger partial charge in [-0.1, -0.05) is 12.1 Å². The van der Waals surface area contributed by atoms with Gasteiger partial charge in [0.05, 0.1) is 11.3 Å². The molecule has 1 aromatic carbocycles. The number of isocyanates is 1. The summed E-state index contributed by atoms with van der Waals surface area (Å²) in [6.07, 6.45) is 1.35. The second kappa shape index (κ2) is 7.09. The molecule has 0 atom stereocenters. The third-order valence-electron chi connectivity index (χ3n) is 1.34. The Kier molecular flexibility index (Phi) is 7.67. The number of halogens is 2. The number of nitrogens with zero attached hydrogens (tertiary/aromatic N) is 1. The molecule has 0 aliphatic carbocycles. The molecule has 0 saturated heterocycles. The van der Waals surface area contributed by atoms with E-state index < -0.39 is 5.91 Å². The number of hydrogen-bond acceptors (Lipinski definition) is 3. The number of nitrogens with two attached hydrogens (primary N) is 1. The Labute approximate surface area is 93.0 Å². The molecule has 6 heteroatoms. The largest absolute Gasteiger partial charge is 0.366 e. The number of benzene rings is 1. The van der Waals surface area contributed by atoms with Crippen LogP contribution in [0.1, 0.15) is 10.4 Å². The first-order valence-electron chi connectivity index (χ1n) is 3.22. The predicted octanol–water partition coefficient (Wildman–Crippen LogP) is 1.60. The van der Waals surface area contributed by atoms with E-state index in [1.54, 1.807) is 12.1 Å². The number of amides is 1. The summed E-state index contributed by atoms with van der Waals surface area (Å²) in [5.74, 6) is -0.607. The highest BCUT2D eigenvalue weighted by molar-refractivity contribution is 5.97. The van der Waals surface area contributed by atoms with Crippen LogP contribution in [0.25, 0.3) is 0 Å². The Morgan fingerprint density at radius 3 is 2.36 bits per heavy atom. The summed E-state index contributed by atoms with van der Waals surface area (Å²) in [7, 11) is 0. The molecular weight excluding hydrogens is 227 g/mol. The van der Waals surface area contributed by atoms with Gasteiger partial charge >= 0.3 is 0 Å². The minimum absolute atomic E-state index is 0. The van der Waals surface area contributed by atoms with Gasteiger partial charge in [-0.15, -0.1) is 24.8 Å². The molecule has 4 nitrogen and oxygen atoms in total. The quantitative estimate of drug-likeness (QED) is 0.624. The average Bonchev–Trinajstić information content (AvgIpc) is 2.05. The maximum Gasteiger partial charge on any atom is 0.250 e. The molecule has 1 aromatic rings. The van der Waals surface area contributed by atoms with E-state index in [1.165, 1.54) is 18.2 Å². The minimum Gasteiger partial charge on any atom is -0.366 e. The second-order valence-corrected chi connectivity index (χ2v) is 2.08. The molecule has 0 aromatic heterocycles. The summed E-state index contributed by atoms with van der Waals surface area (Å²) < 4.78 is 0. The monoisotopic (exact) mass is 234 g/mol. The molecule has 1 amide bonds. The molecule has 0 unspecified atom stereocenters. The lowest BCUT2D eigenvalue weighted by atomic mass is 10.2. The van der Waals surface area contributed by atoms with Crippen molar-refractivity contribution in [3.63, 3.8) is 0 Å². The zero-order valence-electron chi connectivity index (χ0n) is 6.97. The van der Waals surface area contributed by atoms with E-state index in [0.717, 1.165) is 0 Å². The molecule has 0 radical (unpaired) electrons. The molecule has 0 spiro atoms. The molecule has 1 rings (SSSR count). The Morgan fingerprint density at radius 1 is 1.29 bits per heavy atom. The fourth-order valence-electron chi connectivity index (χ4n) is 0.829. The lowest BCUT2D eigenvalue weighted by Gasteiger charge is -1.96. The summed E-state index contributed by atoms with van der Waals surface area (Å²) in [5, 5.41) is 0. The van der Waals surface area contributed by atoms with Crippen molar-refractivity contribution in [3.05, 3.63) is 29.8 Å². The highest BCUT2D eigenvalue weighted by Crippen LogP contribution is 2.16. The van der Waals surface area contributed by atoms with Crippen LogP contribution >= 0.6 is 24.8 Å². The first kappa shape index (κ1) is 15.1. The zero-order valence-corrected chi connectivity index (χ0v) is 8.60. The van der Waals surface area contributed by atoms with Gasteiger partial charge in [-0.05, 0) is 12.1 Å². The Morgan fingerprint density at radius 2 is 1.86 bits per heavy atom. The van der Waals surface area contributed by atoms with Crippen LogP contribution < -0.4 is 5.73 Å². The molecule has 0 heterocycles. The van der Waals surface area contributed by atoms with Crippen LogP contribution in [0.3, 0.4) is 0 Å². The van der Waals surface area contributed by atoms with Crippen molar-refractivity contribution in [2.24, 2.45) is 10.7 Å². The first-order chi connectivity index (χ1) is 5.75. The van der Waals surface area contributed by atoms with Crippen LogP contribution in [-0.2, 0) is 4.79 Å². The fourth-order valence-corrected chi connectivity index (χ4v) is 0.829. The van der Waals surface area contributed by atoms with Gasteiger partial charge in [-0.3, -0.25) is 4.79 Å². The highest BCUT2D eigenvalue weighted by atomic mass is 35.5. The van der Waals surface area contributed by atoms with E-state index in [9.17, 15) is 9.59 Å². The Bertz CT molecular complexity index is 341. The summed E-state index contributed by atoms with van der Waals surface area (Å²) in [6, 6.07) is 6.32. The second-order valence-electron chi connectivity index (χ2n) is 2.08. The zero-order chi connectivity index (χ0) is 8.97. The van der Waals surface area contributed by atoms with E-state index in [1.807, 2.05) is 0 Å². The number of para-hydroxylation sites is 1. The highest BCUT2D eigenvalue weighted by Gasteiger charge is 2.04. The lowest BCUT2D eigenvalue weighted by molar-refractivity contribution is 0.100. The van der Waals surface area contributed by atoms with Crippen molar-refractivity contribution in [3.8, 4) is 0 Å². The van der Waals surface area contributed by atoms with Gasteiger partial charge in [-0.2, -0.15) is 4.99 Å². The number of aliphatic imine (C=N–C) groups is 1. The van der Waals surface area contributed by atoms with Gasteiger partial charge in [0, 0.05) is 0 Å². The van der Waals surface area contributed by atoms with E-state index in [2.05, 4.69) is 4.99 Å². The van der Waals surface area contributed by atoms with Crippen molar-refractivity contribution >= 4 is 42.5 Å². The molecule has 0 bridgehead atoms. The van der Waals surface area contributed by atoms with Crippen molar-refractivity contribution in [1.82, 2.24) is 0 Å². The summed E-state index contributed by atoms with van der Waals surface area (Å²) in [5.41, 5.74) is 5.49. The predicted molar refractivity (Wildman–Crippen MR) is 57.2 cm³/mol. The van der Waals surface area contributed by atoms with E-state index in [0.29, 0.717) is 0 Å². The topological polar surface area (TPSA) is 72.5 Å².